The zero-order valence-electron chi connectivity index (χ0n) is 11.0. The number of hydrogen-bond acceptors (Lipinski definition) is 4. The van der Waals surface area contributed by atoms with Crippen LogP contribution in [0.1, 0.15) is 6.92 Å². The van der Waals surface area contributed by atoms with Crippen LogP contribution in [0, 0.1) is 10.1 Å². The Hall–Kier alpha value is -2.69. The van der Waals surface area contributed by atoms with E-state index in [4.69, 9.17) is 0 Å². The molecule has 1 aliphatic heterocycles. The minimum absolute atomic E-state index is 0.0827. The predicted octanol–water partition coefficient (Wildman–Crippen LogP) is 2.50. The number of likely N-dealkylation sites (N-methyl/N-ethyl adjacent to an activating group) is 1. The molecule has 0 bridgehead atoms. The van der Waals surface area contributed by atoms with Crippen LogP contribution in [0.5, 0.6) is 0 Å². The molecule has 2 rings (SSSR count). The first-order chi connectivity index (χ1) is 9.61. The van der Waals surface area contributed by atoms with Crippen LogP contribution in [0.3, 0.4) is 0 Å². The first kappa shape index (κ1) is 13.7. The molecule has 0 amide bonds. The molecule has 1 aliphatic carbocycles. The zero-order valence-corrected chi connectivity index (χ0v) is 11.0. The Labute approximate surface area is 116 Å². The number of allylic oxidation sites excluding steroid dienone is 9. The monoisotopic (exact) mass is 270 g/mol. The van der Waals surface area contributed by atoms with Crippen molar-refractivity contribution in [2.24, 2.45) is 0 Å². The molecule has 0 unspecified atom stereocenters. The molecule has 0 aromatic rings. The summed E-state index contributed by atoms with van der Waals surface area (Å²) < 4.78 is 0. The molecule has 0 saturated carbocycles. The van der Waals surface area contributed by atoms with Gasteiger partial charge in [-0.15, -0.1) is 0 Å². The molecule has 0 saturated heterocycles. The topological polar surface area (TPSA) is 63.4 Å². The van der Waals surface area contributed by atoms with Crippen LogP contribution in [0.15, 0.2) is 71.8 Å². The van der Waals surface area contributed by atoms with E-state index >= 15 is 0 Å². The van der Waals surface area contributed by atoms with Crippen molar-refractivity contribution >= 4 is 5.78 Å². The van der Waals surface area contributed by atoms with Gasteiger partial charge in [0.05, 0.1) is 4.92 Å². The molecular weight excluding hydrogens is 256 g/mol. The van der Waals surface area contributed by atoms with Crippen LogP contribution < -0.4 is 0 Å². The molecule has 1 heterocycles. The van der Waals surface area contributed by atoms with Gasteiger partial charge in [0.25, 0.3) is 5.70 Å². The Morgan fingerprint density at radius 1 is 1.25 bits per heavy atom. The second kappa shape index (κ2) is 5.97. The number of ketones is 1. The van der Waals surface area contributed by atoms with Gasteiger partial charge < -0.3 is 4.90 Å². The first-order valence-electron chi connectivity index (χ1n) is 6.24. The summed E-state index contributed by atoms with van der Waals surface area (Å²) in [6.07, 6.45) is 14.8. The third kappa shape index (κ3) is 3.00. The van der Waals surface area contributed by atoms with Crippen LogP contribution in [-0.2, 0) is 4.79 Å². The minimum atomic E-state index is -0.508. The summed E-state index contributed by atoms with van der Waals surface area (Å²) in [5.74, 6) is -0.231. The molecular formula is C15H14N2O3. The van der Waals surface area contributed by atoms with Gasteiger partial charge in [-0.3, -0.25) is 14.9 Å². The SMILES string of the molecule is CCN1C=CC=C/C1=C/C=C1/C=C([N+](=O)[O-])C=CC1=O. The molecule has 0 spiro atoms. The van der Waals surface area contributed by atoms with Crippen LogP contribution in [0.4, 0.5) is 0 Å². The summed E-state index contributed by atoms with van der Waals surface area (Å²) in [5, 5.41) is 10.7. The highest BCUT2D eigenvalue weighted by Gasteiger charge is 2.16. The van der Waals surface area contributed by atoms with E-state index in [0.29, 0.717) is 5.57 Å². The van der Waals surface area contributed by atoms with Crippen LogP contribution in [0.2, 0.25) is 0 Å². The standard InChI is InChI=1S/C15H14N2O3/c1-2-16-10-4-3-5-13(16)7-6-12-11-14(17(19)20)8-9-15(12)18/h3-11H,2H2,1H3/b12-6-,13-7-. The molecule has 2 aliphatic rings. The Morgan fingerprint density at radius 2 is 2.05 bits per heavy atom. The predicted molar refractivity (Wildman–Crippen MR) is 76.1 cm³/mol. The van der Waals surface area contributed by atoms with E-state index < -0.39 is 4.92 Å². The summed E-state index contributed by atoms with van der Waals surface area (Å²) in [4.78, 5) is 23.9. The Balaban J connectivity index is 2.28. The van der Waals surface area contributed by atoms with Gasteiger partial charge in [0.15, 0.2) is 5.78 Å². The lowest BCUT2D eigenvalue weighted by molar-refractivity contribution is -0.419. The van der Waals surface area contributed by atoms with Gasteiger partial charge in [-0.1, -0.05) is 6.08 Å². The van der Waals surface area contributed by atoms with Gasteiger partial charge in [-0.05, 0) is 37.3 Å². The fraction of sp³-hybridized carbons (Fsp3) is 0.133. The number of carbonyl (C=O) groups is 1. The molecule has 0 radical (unpaired) electrons. The quantitative estimate of drug-likeness (QED) is 0.449. The van der Waals surface area contributed by atoms with Gasteiger partial charge in [0.2, 0.25) is 0 Å². The maximum atomic E-state index is 11.7. The Bertz CT molecular complexity index is 619. The zero-order chi connectivity index (χ0) is 14.5. The molecule has 20 heavy (non-hydrogen) atoms. The lowest BCUT2D eigenvalue weighted by Gasteiger charge is -2.21. The third-order valence-corrected chi connectivity index (χ3v) is 2.95. The van der Waals surface area contributed by atoms with Crippen LogP contribution >= 0.6 is 0 Å². The highest BCUT2D eigenvalue weighted by molar-refractivity contribution is 6.07. The smallest absolute Gasteiger partial charge is 0.270 e. The number of hydrogen-bond donors (Lipinski definition) is 0. The molecule has 5 nitrogen and oxygen atoms in total. The van der Waals surface area contributed by atoms with Crippen molar-refractivity contribution in [3.8, 4) is 0 Å². The van der Waals surface area contributed by atoms with Gasteiger partial charge in [-0.2, -0.15) is 0 Å². The van der Waals surface area contributed by atoms with Gasteiger partial charge in [-0.25, -0.2) is 0 Å². The fourth-order valence-corrected chi connectivity index (χ4v) is 1.88. The molecule has 0 atom stereocenters. The highest BCUT2D eigenvalue weighted by Crippen LogP contribution is 2.16. The van der Waals surface area contributed by atoms with Crippen molar-refractivity contribution in [3.63, 3.8) is 0 Å². The van der Waals surface area contributed by atoms with Crippen molar-refractivity contribution in [2.75, 3.05) is 6.54 Å². The number of nitro groups is 1. The van der Waals surface area contributed by atoms with E-state index in [0.717, 1.165) is 12.2 Å². The van der Waals surface area contributed by atoms with Gasteiger partial charge in [0, 0.05) is 36.2 Å². The molecule has 0 fully saturated rings. The van der Waals surface area contributed by atoms with Gasteiger partial charge >= 0.3 is 0 Å². The van der Waals surface area contributed by atoms with Crippen molar-refractivity contribution in [3.05, 3.63) is 81.9 Å². The van der Waals surface area contributed by atoms with Crippen molar-refractivity contribution < 1.29 is 9.72 Å². The van der Waals surface area contributed by atoms with Crippen LogP contribution in [0.25, 0.3) is 0 Å². The van der Waals surface area contributed by atoms with Crippen molar-refractivity contribution in [1.29, 1.82) is 0 Å². The molecule has 0 N–H and O–H groups in total. The lowest BCUT2D eigenvalue weighted by atomic mass is 10.0. The average Bonchev–Trinajstić information content (AvgIpc) is 2.46. The molecule has 102 valence electrons. The van der Waals surface area contributed by atoms with E-state index in [1.54, 1.807) is 12.2 Å². The summed E-state index contributed by atoms with van der Waals surface area (Å²) >= 11 is 0. The van der Waals surface area contributed by atoms with Crippen molar-refractivity contribution in [1.82, 2.24) is 4.90 Å². The van der Waals surface area contributed by atoms with E-state index in [2.05, 4.69) is 0 Å². The minimum Gasteiger partial charge on any atom is -0.348 e. The van der Waals surface area contributed by atoms with Crippen LogP contribution in [-0.4, -0.2) is 22.2 Å². The van der Waals surface area contributed by atoms with E-state index in [1.165, 1.54) is 18.2 Å². The first-order valence-corrected chi connectivity index (χ1v) is 6.24. The lowest BCUT2D eigenvalue weighted by Crippen LogP contribution is -2.16. The van der Waals surface area contributed by atoms with E-state index in [-0.39, 0.29) is 11.5 Å². The summed E-state index contributed by atoms with van der Waals surface area (Å²) in [6.45, 7) is 2.82. The Kier molecular flexibility index (Phi) is 4.10. The molecule has 5 heteroatoms. The normalized spacial score (nSPS) is 21.8. The molecule has 0 aromatic heterocycles. The Morgan fingerprint density at radius 3 is 2.75 bits per heavy atom. The average molecular weight is 270 g/mol. The van der Waals surface area contributed by atoms with Crippen molar-refractivity contribution in [2.45, 2.75) is 6.92 Å². The molecule has 0 aromatic carbocycles. The fourth-order valence-electron chi connectivity index (χ4n) is 1.88. The summed E-state index contributed by atoms with van der Waals surface area (Å²) in [7, 11) is 0. The third-order valence-electron chi connectivity index (χ3n) is 2.95. The summed E-state index contributed by atoms with van der Waals surface area (Å²) in [6, 6.07) is 0. The van der Waals surface area contributed by atoms with Gasteiger partial charge in [0.1, 0.15) is 0 Å². The number of rotatable bonds is 3. The second-order valence-corrected chi connectivity index (χ2v) is 4.22. The van der Waals surface area contributed by atoms with E-state index in [1.807, 2.05) is 36.3 Å². The van der Waals surface area contributed by atoms with E-state index in [9.17, 15) is 14.9 Å². The second-order valence-electron chi connectivity index (χ2n) is 4.22. The summed E-state index contributed by atoms with van der Waals surface area (Å²) in [5.41, 5.74) is 1.16. The number of nitrogens with zero attached hydrogens (tertiary/aromatic N) is 2. The largest absolute Gasteiger partial charge is 0.348 e. The number of carbonyl (C=O) groups excluding carboxylic acids is 1. The maximum absolute atomic E-state index is 11.7. The maximum Gasteiger partial charge on any atom is 0.270 e. The highest BCUT2D eigenvalue weighted by atomic mass is 16.6.